The molecule has 3 N–H and O–H groups in total. The van der Waals surface area contributed by atoms with Gasteiger partial charge in [-0.2, -0.15) is 5.06 Å². The molecule has 0 aromatic heterocycles. The van der Waals surface area contributed by atoms with E-state index in [1.807, 2.05) is 6.08 Å². The molecule has 2 aliphatic heterocycles. The number of fused-ring (bicyclic) bond motifs is 2. The number of hydrogen-bond acceptors (Lipinski definition) is 12. The van der Waals surface area contributed by atoms with Gasteiger partial charge < -0.3 is 29.7 Å². The third-order valence-electron chi connectivity index (χ3n) is 8.91. The van der Waals surface area contributed by atoms with Gasteiger partial charge in [0.25, 0.3) is 5.91 Å². The van der Waals surface area contributed by atoms with Crippen LogP contribution in [0.3, 0.4) is 0 Å². The van der Waals surface area contributed by atoms with Crippen LogP contribution < -0.4 is 20.4 Å². The minimum absolute atomic E-state index is 0.109. The molecule has 5 unspecified atom stereocenters. The molecule has 0 spiro atoms. The Morgan fingerprint density at radius 3 is 2.58 bits per heavy atom. The number of sulfonamides is 1. The number of carbonyl (C=O) groups excluding carboxylic acids is 6. The summed E-state index contributed by atoms with van der Waals surface area (Å²) in [7, 11) is -3.96. The van der Waals surface area contributed by atoms with Crippen molar-refractivity contribution >= 4 is 51.6 Å². The molecule has 5 atom stereocenters. The standard InChI is InChI=1S/C35H45N5O12S/c1-34(2,3)52-32(45)36-27-22-49-17-9-5-6-11-23-20-35(23,31(44)38-53(47,48)26-14-15-26)37-29(42)28-19-25(21-39(28)30(27)43)51-33(46)40(50-18-10-16-41)24-12-7-4-8-13-24/h4,6-8,10-13,23,25-28H,5,9,14-15,17-22H2,1-3H3,(H,36,45)(H,37,42)(H,38,44)/b11-6-. The minimum atomic E-state index is -3.96. The van der Waals surface area contributed by atoms with Crippen LogP contribution in [0.4, 0.5) is 15.3 Å². The van der Waals surface area contributed by atoms with Gasteiger partial charge >= 0.3 is 12.2 Å². The fourth-order valence-corrected chi connectivity index (χ4v) is 7.43. The van der Waals surface area contributed by atoms with Gasteiger partial charge in [0.2, 0.25) is 21.8 Å². The number of hydrogen-bond donors (Lipinski definition) is 3. The molecule has 53 heavy (non-hydrogen) atoms. The minimum Gasteiger partial charge on any atom is -0.444 e. The van der Waals surface area contributed by atoms with Crippen LogP contribution in [-0.4, -0.2) is 110 Å². The van der Waals surface area contributed by atoms with Crippen molar-refractivity contribution in [2.75, 3.05) is 31.4 Å². The van der Waals surface area contributed by atoms with Gasteiger partial charge in [0.05, 0.1) is 24.1 Å². The monoisotopic (exact) mass is 759 g/mol. The second-order valence-electron chi connectivity index (χ2n) is 14.3. The van der Waals surface area contributed by atoms with Crippen LogP contribution in [0, 0.1) is 5.92 Å². The Morgan fingerprint density at radius 2 is 1.91 bits per heavy atom. The van der Waals surface area contributed by atoms with Crippen LogP contribution >= 0.6 is 0 Å². The van der Waals surface area contributed by atoms with E-state index >= 15 is 0 Å². The van der Waals surface area contributed by atoms with Gasteiger partial charge in [-0.15, -0.1) is 0 Å². The molecule has 2 saturated carbocycles. The van der Waals surface area contributed by atoms with Gasteiger partial charge in [-0.3, -0.25) is 23.9 Å². The van der Waals surface area contributed by atoms with Crippen LogP contribution in [0.5, 0.6) is 0 Å². The molecule has 4 aliphatic rings. The molecular weight excluding hydrogens is 714 g/mol. The first-order chi connectivity index (χ1) is 25.1. The van der Waals surface area contributed by atoms with Gasteiger partial charge in [0.15, 0.2) is 0 Å². The van der Waals surface area contributed by atoms with E-state index in [-0.39, 0.29) is 44.9 Å². The molecule has 0 bridgehead atoms. The maximum Gasteiger partial charge on any atom is 0.439 e. The highest BCUT2D eigenvalue weighted by Gasteiger charge is 2.62. The van der Waals surface area contributed by atoms with E-state index in [2.05, 4.69) is 15.4 Å². The number of nitrogens with one attached hydrogen (secondary N) is 3. The summed E-state index contributed by atoms with van der Waals surface area (Å²) in [6.07, 6.45) is 3.31. The fourth-order valence-electron chi connectivity index (χ4n) is 6.06. The van der Waals surface area contributed by atoms with Crippen molar-refractivity contribution in [2.24, 2.45) is 5.92 Å². The quantitative estimate of drug-likeness (QED) is 0.186. The molecule has 18 heteroatoms. The number of hydroxylamine groups is 1. The van der Waals surface area contributed by atoms with Gasteiger partial charge in [-0.1, -0.05) is 30.4 Å². The summed E-state index contributed by atoms with van der Waals surface area (Å²) in [6.45, 7) is 4.26. The predicted octanol–water partition coefficient (Wildman–Crippen LogP) is 1.66. The van der Waals surface area contributed by atoms with E-state index in [0.29, 0.717) is 25.7 Å². The van der Waals surface area contributed by atoms with Crippen molar-refractivity contribution in [1.29, 1.82) is 0 Å². The first-order valence-electron chi connectivity index (χ1n) is 17.4. The number of allylic oxidation sites excluding steroid dienone is 1. The van der Waals surface area contributed by atoms with Crippen molar-refractivity contribution in [3.63, 3.8) is 0 Å². The largest absolute Gasteiger partial charge is 0.444 e. The smallest absolute Gasteiger partial charge is 0.439 e. The number of alkyl carbamates (subject to hydrolysis) is 1. The Balaban J connectivity index is 1.43. The lowest BCUT2D eigenvalue weighted by Gasteiger charge is -2.30. The summed E-state index contributed by atoms with van der Waals surface area (Å²) in [6, 6.07) is 5.45. The zero-order valence-corrected chi connectivity index (χ0v) is 30.6. The second-order valence-corrected chi connectivity index (χ2v) is 16.2. The third kappa shape index (κ3) is 10.2. The van der Waals surface area contributed by atoms with E-state index in [1.165, 1.54) is 0 Å². The van der Waals surface area contributed by atoms with Gasteiger partial charge in [0.1, 0.15) is 41.9 Å². The molecule has 5 rings (SSSR count). The SMILES string of the molecule is CC(C)(C)OC(=O)NC1COCCC/C=C\C2CC2(C(=O)NS(=O)(=O)C2CC2)NC(=O)C2CC(OC(=O)N(OCC=C=O)c3ccccc3)CN2C1=O. The molecule has 1 aromatic rings. The molecule has 5 amide bonds. The lowest BCUT2D eigenvalue weighted by Crippen LogP contribution is -2.59. The van der Waals surface area contributed by atoms with Gasteiger partial charge in [0, 0.05) is 25.0 Å². The average Bonchev–Trinajstić information content (AvgIpc) is 4.02. The first-order valence-corrected chi connectivity index (χ1v) is 19.0. The molecule has 17 nitrogen and oxygen atoms in total. The molecule has 1 saturated heterocycles. The van der Waals surface area contributed by atoms with E-state index in [9.17, 15) is 37.2 Å². The highest BCUT2D eigenvalue weighted by molar-refractivity contribution is 7.91. The van der Waals surface area contributed by atoms with Crippen molar-refractivity contribution < 1.29 is 56.2 Å². The number of carbonyl (C=O) groups is 5. The summed E-state index contributed by atoms with van der Waals surface area (Å²) < 4.78 is 44.5. The topological polar surface area (TPSA) is 216 Å². The van der Waals surface area contributed by atoms with Crippen LogP contribution in [0.2, 0.25) is 0 Å². The molecule has 2 heterocycles. The first kappa shape index (κ1) is 39.4. The highest BCUT2D eigenvalue weighted by Crippen LogP contribution is 2.46. The Hall–Kier alpha value is -4.77. The van der Waals surface area contributed by atoms with E-state index < -0.39 is 80.4 Å². The molecule has 288 valence electrons. The third-order valence-corrected chi connectivity index (χ3v) is 10.7. The van der Waals surface area contributed by atoms with Gasteiger partial charge in [-0.05, 0) is 65.0 Å². The highest BCUT2D eigenvalue weighted by atomic mass is 32.2. The zero-order valence-electron chi connectivity index (χ0n) is 29.8. The van der Waals surface area contributed by atoms with Crippen LogP contribution in [0.25, 0.3) is 0 Å². The second kappa shape index (κ2) is 16.5. The lowest BCUT2D eigenvalue weighted by atomic mass is 10.1. The number of ether oxygens (including phenoxy) is 3. The Kier molecular flexibility index (Phi) is 12.3. The van der Waals surface area contributed by atoms with Crippen molar-refractivity contribution in [2.45, 2.75) is 93.9 Å². The number of amides is 5. The Morgan fingerprint density at radius 1 is 1.17 bits per heavy atom. The number of benzene rings is 1. The average molecular weight is 760 g/mol. The summed E-state index contributed by atoms with van der Waals surface area (Å²) in [5.74, 6) is -1.42. The van der Waals surface area contributed by atoms with Crippen molar-refractivity contribution in [3.8, 4) is 0 Å². The summed E-state index contributed by atoms with van der Waals surface area (Å²) in [5.41, 5.74) is -2.25. The van der Waals surface area contributed by atoms with Crippen molar-refractivity contribution in [3.05, 3.63) is 48.6 Å². The normalized spacial score (nSPS) is 26.9. The summed E-state index contributed by atoms with van der Waals surface area (Å²) in [5, 5.41) is 5.39. The molecule has 1 aromatic carbocycles. The number of para-hydroxylation sites is 1. The molecule has 2 aliphatic carbocycles. The lowest BCUT2D eigenvalue weighted by molar-refractivity contribution is -0.142. The van der Waals surface area contributed by atoms with Crippen LogP contribution in [0.15, 0.2) is 48.6 Å². The van der Waals surface area contributed by atoms with Crippen molar-refractivity contribution in [1.82, 2.24) is 20.3 Å². The van der Waals surface area contributed by atoms with E-state index in [4.69, 9.17) is 19.0 Å². The van der Waals surface area contributed by atoms with Crippen LogP contribution in [-0.2, 0) is 48.2 Å². The Bertz CT molecular complexity index is 1740. The number of anilines is 1. The van der Waals surface area contributed by atoms with Crippen LogP contribution in [0.1, 0.15) is 59.3 Å². The summed E-state index contributed by atoms with van der Waals surface area (Å²) in [4.78, 5) is 85.8. The van der Waals surface area contributed by atoms with Gasteiger partial charge in [-0.25, -0.2) is 22.8 Å². The molecule has 0 radical (unpaired) electrons. The predicted molar refractivity (Wildman–Crippen MR) is 187 cm³/mol. The van der Waals surface area contributed by atoms with E-state index in [1.54, 1.807) is 63.1 Å². The number of nitrogens with zero attached hydrogens (tertiary/aromatic N) is 2. The maximum absolute atomic E-state index is 14.3. The molecule has 3 fully saturated rings. The molecular formula is C35H45N5O12S. The van der Waals surface area contributed by atoms with E-state index in [0.717, 1.165) is 16.0 Å². The zero-order chi connectivity index (χ0) is 38.4. The maximum atomic E-state index is 14.3. The Labute approximate surface area is 307 Å². The number of rotatable bonds is 9. The summed E-state index contributed by atoms with van der Waals surface area (Å²) >= 11 is 0. The fraction of sp³-hybridized carbons (Fsp3) is 0.571.